The molecule has 35 heavy (non-hydrogen) atoms. The van der Waals surface area contributed by atoms with E-state index >= 15 is 0 Å². The number of carbonyl (C=O) groups is 3. The third kappa shape index (κ3) is 6.87. The molecule has 0 fully saturated rings. The molecule has 9 nitrogen and oxygen atoms in total. The van der Waals surface area contributed by atoms with Gasteiger partial charge in [0.05, 0.1) is 24.5 Å². The van der Waals surface area contributed by atoms with Gasteiger partial charge in [-0.25, -0.2) is 0 Å². The third-order valence-electron chi connectivity index (χ3n) is 4.95. The maximum absolute atomic E-state index is 13.0. The highest BCUT2D eigenvalue weighted by molar-refractivity contribution is 6.30. The monoisotopic (exact) mass is 496 g/mol. The average molecular weight is 497 g/mol. The lowest BCUT2D eigenvalue weighted by Gasteiger charge is -2.17. The predicted molar refractivity (Wildman–Crippen MR) is 129 cm³/mol. The molecular formula is C25H21ClN2O7. The van der Waals surface area contributed by atoms with Crippen LogP contribution in [0.2, 0.25) is 5.02 Å². The summed E-state index contributed by atoms with van der Waals surface area (Å²) in [5.74, 6) is -1.59. The molecule has 180 valence electrons. The number of halogens is 1. The number of esters is 1. The number of amides is 1. The van der Waals surface area contributed by atoms with Crippen LogP contribution in [0.1, 0.15) is 34.9 Å². The molecule has 3 aromatic carbocycles. The highest BCUT2D eigenvalue weighted by Crippen LogP contribution is 2.29. The standard InChI is InChI=1S/C25H21ClN2O7/c1-34-19-11-12-20(21(15-19)28(32)33)27-22(29)13-14-23(30)35-25(17-7-9-18(26)10-8-17)24(31)16-5-3-2-4-6-16/h2-12,15,25H,13-14H2,1H3,(H,27,29)/t25-/m1/s1. The first-order chi connectivity index (χ1) is 16.8. The number of anilines is 1. The van der Waals surface area contributed by atoms with E-state index in [4.69, 9.17) is 21.1 Å². The maximum atomic E-state index is 13.0. The summed E-state index contributed by atoms with van der Waals surface area (Å²) < 4.78 is 10.4. The van der Waals surface area contributed by atoms with Crippen molar-refractivity contribution in [1.29, 1.82) is 0 Å². The quantitative estimate of drug-likeness (QED) is 0.178. The Morgan fingerprint density at radius 3 is 2.31 bits per heavy atom. The van der Waals surface area contributed by atoms with Crippen LogP contribution < -0.4 is 10.1 Å². The predicted octanol–water partition coefficient (Wildman–Crippen LogP) is 5.14. The van der Waals surface area contributed by atoms with Crippen LogP contribution in [0.25, 0.3) is 0 Å². The first-order valence-corrected chi connectivity index (χ1v) is 10.8. The van der Waals surface area contributed by atoms with Crippen molar-refractivity contribution in [3.8, 4) is 5.75 Å². The number of ketones is 1. The van der Waals surface area contributed by atoms with Gasteiger partial charge in [0.25, 0.3) is 5.69 Å². The van der Waals surface area contributed by atoms with Crippen LogP contribution in [0.5, 0.6) is 5.75 Å². The van der Waals surface area contributed by atoms with Gasteiger partial charge in [-0.15, -0.1) is 0 Å². The van der Waals surface area contributed by atoms with Crippen molar-refractivity contribution in [2.45, 2.75) is 18.9 Å². The van der Waals surface area contributed by atoms with Gasteiger partial charge in [-0.1, -0.05) is 54.1 Å². The Morgan fingerprint density at radius 1 is 1.00 bits per heavy atom. The lowest BCUT2D eigenvalue weighted by molar-refractivity contribution is -0.384. The second kappa shape index (κ2) is 11.8. The van der Waals surface area contributed by atoms with E-state index in [1.165, 1.54) is 25.3 Å². The number of rotatable bonds is 10. The molecule has 0 aromatic heterocycles. The molecule has 0 saturated carbocycles. The van der Waals surface area contributed by atoms with Gasteiger partial charge in [0, 0.05) is 22.6 Å². The Labute approximate surface area is 205 Å². The second-order valence-electron chi connectivity index (χ2n) is 7.34. The van der Waals surface area contributed by atoms with Gasteiger partial charge in [0.2, 0.25) is 11.7 Å². The normalized spacial score (nSPS) is 11.3. The number of hydrogen-bond donors (Lipinski definition) is 1. The van der Waals surface area contributed by atoms with E-state index < -0.39 is 28.7 Å². The van der Waals surface area contributed by atoms with E-state index in [0.717, 1.165) is 0 Å². The molecule has 0 radical (unpaired) electrons. The minimum atomic E-state index is -1.23. The summed E-state index contributed by atoms with van der Waals surface area (Å²) in [5, 5.41) is 14.1. The van der Waals surface area contributed by atoms with Crippen LogP contribution in [-0.4, -0.2) is 29.7 Å². The number of Topliss-reactive ketones (excluding diaryl/α,β-unsaturated/α-hetero) is 1. The fourth-order valence-corrected chi connectivity index (χ4v) is 3.30. The molecule has 0 bridgehead atoms. The fraction of sp³-hybridized carbons (Fsp3) is 0.160. The number of nitro benzene ring substituents is 1. The summed E-state index contributed by atoms with van der Waals surface area (Å²) in [4.78, 5) is 48.5. The molecule has 0 aliphatic rings. The molecule has 1 atom stereocenters. The number of nitro groups is 1. The Hall–Kier alpha value is -4.24. The summed E-state index contributed by atoms with van der Waals surface area (Å²) in [5.41, 5.74) is 0.392. The molecule has 0 saturated heterocycles. The SMILES string of the molecule is COc1ccc(NC(=O)CCC(=O)O[C@@H](C(=O)c2ccccc2)c2ccc(Cl)cc2)c([N+](=O)[O-])c1. The van der Waals surface area contributed by atoms with E-state index in [-0.39, 0.29) is 30.0 Å². The fourth-order valence-electron chi connectivity index (χ4n) is 3.18. The largest absolute Gasteiger partial charge is 0.496 e. The van der Waals surface area contributed by atoms with Crippen molar-refractivity contribution >= 4 is 40.6 Å². The molecular weight excluding hydrogens is 476 g/mol. The van der Waals surface area contributed by atoms with E-state index in [9.17, 15) is 24.5 Å². The Kier molecular flexibility index (Phi) is 8.53. The molecule has 1 N–H and O–H groups in total. The summed E-state index contributed by atoms with van der Waals surface area (Å²) in [6.45, 7) is 0. The van der Waals surface area contributed by atoms with E-state index in [0.29, 0.717) is 16.1 Å². The van der Waals surface area contributed by atoms with Crippen molar-refractivity contribution in [2.24, 2.45) is 0 Å². The smallest absolute Gasteiger partial charge is 0.307 e. The molecule has 10 heteroatoms. The number of benzene rings is 3. The Balaban J connectivity index is 1.68. The maximum Gasteiger partial charge on any atom is 0.307 e. The van der Waals surface area contributed by atoms with Crippen molar-refractivity contribution < 1.29 is 28.8 Å². The molecule has 1 amide bonds. The highest BCUT2D eigenvalue weighted by Gasteiger charge is 2.26. The summed E-state index contributed by atoms with van der Waals surface area (Å²) >= 11 is 5.93. The molecule has 0 heterocycles. The number of methoxy groups -OCH3 is 1. The van der Waals surface area contributed by atoms with Gasteiger partial charge in [0.1, 0.15) is 11.4 Å². The zero-order valence-corrected chi connectivity index (χ0v) is 19.4. The van der Waals surface area contributed by atoms with E-state index in [1.807, 2.05) is 0 Å². The third-order valence-corrected chi connectivity index (χ3v) is 5.20. The van der Waals surface area contributed by atoms with Crippen molar-refractivity contribution in [1.82, 2.24) is 0 Å². The van der Waals surface area contributed by atoms with Crippen molar-refractivity contribution in [2.75, 3.05) is 12.4 Å². The molecule has 0 aliphatic carbocycles. The minimum absolute atomic E-state index is 0.0348. The summed E-state index contributed by atoms with van der Waals surface area (Å²) in [7, 11) is 1.36. The minimum Gasteiger partial charge on any atom is -0.496 e. The molecule has 3 rings (SSSR count). The Bertz CT molecular complexity index is 1230. The number of nitrogens with one attached hydrogen (secondary N) is 1. The van der Waals surface area contributed by atoms with Gasteiger partial charge in [-0.05, 0) is 24.3 Å². The first-order valence-electron chi connectivity index (χ1n) is 10.4. The molecule has 0 aliphatic heterocycles. The van der Waals surface area contributed by atoms with Crippen molar-refractivity contribution in [3.63, 3.8) is 0 Å². The molecule has 0 unspecified atom stereocenters. The van der Waals surface area contributed by atoms with Gasteiger partial charge in [0.15, 0.2) is 6.10 Å². The lowest BCUT2D eigenvalue weighted by atomic mass is 10.00. The zero-order valence-electron chi connectivity index (χ0n) is 18.6. The Morgan fingerprint density at radius 2 is 1.69 bits per heavy atom. The summed E-state index contributed by atoms with van der Waals surface area (Å²) in [6, 6.07) is 18.6. The topological polar surface area (TPSA) is 125 Å². The zero-order chi connectivity index (χ0) is 25.4. The number of nitrogens with zero attached hydrogens (tertiary/aromatic N) is 1. The van der Waals surface area contributed by atoms with Crippen LogP contribution >= 0.6 is 11.6 Å². The number of hydrogen-bond acceptors (Lipinski definition) is 7. The van der Waals surface area contributed by atoms with Gasteiger partial charge >= 0.3 is 5.97 Å². The number of ether oxygens (including phenoxy) is 2. The average Bonchev–Trinajstić information content (AvgIpc) is 2.87. The van der Waals surface area contributed by atoms with Crippen LogP contribution in [-0.2, 0) is 14.3 Å². The van der Waals surface area contributed by atoms with Crippen LogP contribution in [0.15, 0.2) is 72.8 Å². The molecule has 3 aromatic rings. The van der Waals surface area contributed by atoms with E-state index in [2.05, 4.69) is 5.32 Å². The van der Waals surface area contributed by atoms with Crippen molar-refractivity contribution in [3.05, 3.63) is 99.1 Å². The van der Waals surface area contributed by atoms with Crippen LogP contribution in [0, 0.1) is 10.1 Å². The highest BCUT2D eigenvalue weighted by atomic mass is 35.5. The number of carbonyl (C=O) groups excluding carboxylic acids is 3. The van der Waals surface area contributed by atoms with Gasteiger partial charge in [-0.3, -0.25) is 24.5 Å². The van der Waals surface area contributed by atoms with E-state index in [1.54, 1.807) is 54.6 Å². The van der Waals surface area contributed by atoms with Gasteiger partial charge < -0.3 is 14.8 Å². The summed E-state index contributed by atoms with van der Waals surface area (Å²) in [6.07, 6.45) is -1.88. The van der Waals surface area contributed by atoms with Gasteiger partial charge in [-0.2, -0.15) is 0 Å². The lowest BCUT2D eigenvalue weighted by Crippen LogP contribution is -2.21. The van der Waals surface area contributed by atoms with Crippen LogP contribution in [0.4, 0.5) is 11.4 Å². The molecule has 0 spiro atoms. The first kappa shape index (κ1) is 25.4. The second-order valence-corrected chi connectivity index (χ2v) is 7.78. The van der Waals surface area contributed by atoms with Crippen LogP contribution in [0.3, 0.4) is 0 Å².